The predicted molar refractivity (Wildman–Crippen MR) is 210 cm³/mol. The Morgan fingerprint density at radius 2 is 0.788 bits per heavy atom. The molecule has 0 atom stereocenters. The van der Waals surface area contributed by atoms with Crippen LogP contribution in [0.15, 0.2) is 121 Å². The van der Waals surface area contributed by atoms with Crippen molar-refractivity contribution in [3.8, 4) is 67.9 Å². The Morgan fingerprint density at radius 1 is 0.327 bits per heavy atom. The second-order valence-corrected chi connectivity index (χ2v) is 13.4. The summed E-state index contributed by atoms with van der Waals surface area (Å²) in [4.78, 5) is 0. The van der Waals surface area contributed by atoms with E-state index in [0.717, 1.165) is 43.4 Å². The average Bonchev–Trinajstić information content (AvgIpc) is 3.19. The summed E-state index contributed by atoms with van der Waals surface area (Å²) < 4.78 is 0. The lowest BCUT2D eigenvalue weighted by Crippen LogP contribution is -1.97. The van der Waals surface area contributed by atoms with Gasteiger partial charge in [-0.3, -0.25) is 0 Å². The molecule has 9 aromatic carbocycles. The fourth-order valence-corrected chi connectivity index (χ4v) is 8.00. The minimum Gasteiger partial charge on any atom is -0.507 e. The zero-order chi connectivity index (χ0) is 36.0. The van der Waals surface area contributed by atoms with Crippen LogP contribution in [0.5, 0.6) is 34.5 Å². The Kier molecular flexibility index (Phi) is 6.76. The van der Waals surface area contributed by atoms with Crippen molar-refractivity contribution in [3.05, 3.63) is 132 Å². The average molecular weight is 681 g/mol. The van der Waals surface area contributed by atoms with E-state index in [2.05, 4.69) is 24.3 Å². The van der Waals surface area contributed by atoms with Gasteiger partial charge in [-0.2, -0.15) is 0 Å². The quantitative estimate of drug-likeness (QED) is 0.0478. The van der Waals surface area contributed by atoms with Crippen LogP contribution >= 0.6 is 0 Å². The van der Waals surface area contributed by atoms with Gasteiger partial charge in [-0.05, 0) is 74.5 Å². The molecule has 0 spiro atoms. The molecule has 0 heterocycles. The number of aromatic hydroxyl groups is 6. The van der Waals surface area contributed by atoms with Crippen LogP contribution in [0.2, 0.25) is 0 Å². The van der Waals surface area contributed by atoms with Crippen molar-refractivity contribution < 1.29 is 30.6 Å². The fourth-order valence-electron chi connectivity index (χ4n) is 8.00. The van der Waals surface area contributed by atoms with Gasteiger partial charge < -0.3 is 30.6 Å². The first kappa shape index (κ1) is 31.1. The molecule has 0 saturated heterocycles. The molecule has 0 fully saturated rings. The Hall–Kier alpha value is -6.92. The smallest absolute Gasteiger partial charge is 0.166 e. The number of hydrogen-bond acceptors (Lipinski definition) is 6. The van der Waals surface area contributed by atoms with Crippen LogP contribution in [0.3, 0.4) is 0 Å². The molecule has 0 unspecified atom stereocenters. The predicted octanol–water partition coefficient (Wildman–Crippen LogP) is 11.3. The van der Waals surface area contributed by atoms with Crippen molar-refractivity contribution in [2.75, 3.05) is 0 Å². The highest BCUT2D eigenvalue weighted by atomic mass is 16.3. The molecule has 6 nitrogen and oxygen atoms in total. The van der Waals surface area contributed by atoms with E-state index in [0.29, 0.717) is 16.7 Å². The van der Waals surface area contributed by atoms with Gasteiger partial charge in [0, 0.05) is 43.8 Å². The molecule has 6 N–H and O–H groups in total. The maximum absolute atomic E-state index is 12.0. The summed E-state index contributed by atoms with van der Waals surface area (Å²) in [6, 6.07) is 39.4. The Bertz CT molecular complexity index is 2890. The highest BCUT2D eigenvalue weighted by Gasteiger charge is 2.31. The first-order valence-corrected chi connectivity index (χ1v) is 17.0. The monoisotopic (exact) mass is 680 g/mol. The van der Waals surface area contributed by atoms with Crippen LogP contribution in [0, 0.1) is 13.8 Å². The first-order valence-electron chi connectivity index (χ1n) is 17.0. The molecule has 0 radical (unpaired) electrons. The van der Waals surface area contributed by atoms with Gasteiger partial charge in [0.15, 0.2) is 23.0 Å². The zero-order valence-electron chi connectivity index (χ0n) is 28.2. The lowest BCUT2D eigenvalue weighted by molar-refractivity contribution is 0.397. The molecule has 0 aliphatic carbocycles. The summed E-state index contributed by atoms with van der Waals surface area (Å²) in [5.41, 5.74) is 3.73. The van der Waals surface area contributed by atoms with Crippen molar-refractivity contribution in [1.82, 2.24) is 0 Å². The van der Waals surface area contributed by atoms with Crippen LogP contribution in [-0.2, 0) is 0 Å². The second-order valence-electron chi connectivity index (χ2n) is 13.4. The fraction of sp³-hybridized carbons (Fsp3) is 0.0435. The first-order chi connectivity index (χ1) is 25.2. The number of benzene rings is 9. The molecule has 9 rings (SSSR count). The zero-order valence-corrected chi connectivity index (χ0v) is 28.2. The normalized spacial score (nSPS) is 11.7. The lowest BCUT2D eigenvalue weighted by atomic mass is 9.81. The Balaban J connectivity index is 1.48. The lowest BCUT2D eigenvalue weighted by Gasteiger charge is -2.24. The molecule has 0 saturated carbocycles. The van der Waals surface area contributed by atoms with Gasteiger partial charge in [0.2, 0.25) is 0 Å². The van der Waals surface area contributed by atoms with Gasteiger partial charge in [-0.15, -0.1) is 0 Å². The van der Waals surface area contributed by atoms with Crippen LogP contribution in [0.1, 0.15) is 11.1 Å². The number of phenols is 6. The maximum atomic E-state index is 12.0. The third-order valence-corrected chi connectivity index (χ3v) is 10.6. The number of rotatable bonds is 3. The van der Waals surface area contributed by atoms with Gasteiger partial charge in [0.05, 0.1) is 0 Å². The standard InChI is InChI=1S/C46H32O6/c1-23-41(47)37-35(27-20-18-26(19-21-27)30-17-9-12-25-10-3-5-13-29(25)30)38-40(46(52)44(50)24(2)42(38)48)36(39(37)45(51)43(23)49)34-22-28-11-4-6-14-31(28)32-15-7-8-16-33(32)34/h3-22,47-52H,1-2H3. The van der Waals surface area contributed by atoms with E-state index in [1.165, 1.54) is 13.8 Å². The highest BCUT2D eigenvalue weighted by molar-refractivity contribution is 6.31. The molecule has 252 valence electrons. The third kappa shape index (κ3) is 4.24. The summed E-state index contributed by atoms with van der Waals surface area (Å²) in [5, 5.41) is 76.5. The van der Waals surface area contributed by atoms with Gasteiger partial charge in [0.25, 0.3) is 0 Å². The van der Waals surface area contributed by atoms with Crippen molar-refractivity contribution in [2.45, 2.75) is 13.8 Å². The van der Waals surface area contributed by atoms with Crippen LogP contribution in [-0.4, -0.2) is 30.6 Å². The molecule has 0 aliphatic heterocycles. The summed E-state index contributed by atoms with van der Waals surface area (Å²) >= 11 is 0. The third-order valence-electron chi connectivity index (χ3n) is 10.6. The molecule has 0 amide bonds. The van der Waals surface area contributed by atoms with E-state index in [9.17, 15) is 30.6 Å². The number of phenolic OH excluding ortho intramolecular Hbond substituents is 6. The largest absolute Gasteiger partial charge is 0.507 e. The number of hydrogen-bond donors (Lipinski definition) is 6. The molecule has 52 heavy (non-hydrogen) atoms. The van der Waals surface area contributed by atoms with Crippen molar-refractivity contribution in [1.29, 1.82) is 0 Å². The second kappa shape index (κ2) is 11.3. The van der Waals surface area contributed by atoms with Gasteiger partial charge >= 0.3 is 0 Å². The Labute approximate surface area is 298 Å². The molecule has 6 heteroatoms. The minimum atomic E-state index is -0.520. The summed E-state index contributed by atoms with van der Waals surface area (Å²) in [5.74, 6) is -2.65. The van der Waals surface area contributed by atoms with Gasteiger partial charge in [-0.25, -0.2) is 0 Å². The highest BCUT2D eigenvalue weighted by Crippen LogP contribution is 2.59. The van der Waals surface area contributed by atoms with Crippen LogP contribution in [0.25, 0.3) is 87.2 Å². The van der Waals surface area contributed by atoms with E-state index in [1.54, 1.807) is 0 Å². The van der Waals surface area contributed by atoms with Gasteiger partial charge in [-0.1, -0.05) is 115 Å². The molecular weight excluding hydrogens is 649 g/mol. The molecule has 9 aromatic rings. The Morgan fingerprint density at radius 3 is 1.40 bits per heavy atom. The molecule has 0 aliphatic rings. The molecule has 0 aromatic heterocycles. The summed E-state index contributed by atoms with van der Waals surface area (Å²) in [6.07, 6.45) is 0. The molecule has 0 bridgehead atoms. The van der Waals surface area contributed by atoms with E-state index < -0.39 is 23.0 Å². The topological polar surface area (TPSA) is 121 Å². The van der Waals surface area contributed by atoms with Crippen molar-refractivity contribution in [2.24, 2.45) is 0 Å². The summed E-state index contributed by atoms with van der Waals surface area (Å²) in [6.45, 7) is 3.01. The van der Waals surface area contributed by atoms with E-state index in [1.807, 2.05) is 97.1 Å². The van der Waals surface area contributed by atoms with E-state index in [4.69, 9.17) is 0 Å². The SMILES string of the molecule is Cc1c(O)c(O)c2c(-c3cc4ccccc4c4ccccc34)c3c(O)c(O)c(C)c(O)c3c(-c3ccc(-c4cccc5ccccc45)cc3)c2c1O. The van der Waals surface area contributed by atoms with Crippen LogP contribution < -0.4 is 0 Å². The maximum Gasteiger partial charge on any atom is 0.166 e. The summed E-state index contributed by atoms with van der Waals surface area (Å²) in [7, 11) is 0. The van der Waals surface area contributed by atoms with E-state index >= 15 is 0 Å². The van der Waals surface area contributed by atoms with E-state index in [-0.39, 0.29) is 49.7 Å². The van der Waals surface area contributed by atoms with Crippen LogP contribution in [0.4, 0.5) is 0 Å². The van der Waals surface area contributed by atoms with Crippen molar-refractivity contribution >= 4 is 53.9 Å². The number of fused-ring (bicyclic) bond motifs is 6. The van der Waals surface area contributed by atoms with Crippen molar-refractivity contribution in [3.63, 3.8) is 0 Å². The van der Waals surface area contributed by atoms with Gasteiger partial charge in [0.1, 0.15) is 11.5 Å². The molecular formula is C46H32O6. The minimum absolute atomic E-state index is 0.0477.